The third kappa shape index (κ3) is 3.54. The molecule has 1 amide bonds. The third-order valence-electron chi connectivity index (χ3n) is 5.57. The number of nitrogens with zero attached hydrogens (tertiary/aromatic N) is 2. The number of amides is 1. The van der Waals surface area contributed by atoms with E-state index >= 15 is 0 Å². The lowest BCUT2D eigenvalue weighted by Crippen LogP contribution is -2.61. The minimum absolute atomic E-state index is 0.0741. The van der Waals surface area contributed by atoms with E-state index in [0.29, 0.717) is 6.54 Å². The molecule has 5 heteroatoms. The molecular weight excluding hydrogens is 358 g/mol. The summed E-state index contributed by atoms with van der Waals surface area (Å²) < 4.78 is 0. The molecular formula is C22H24ClN3O. The number of nitrogens with one attached hydrogen (secondary N) is 1. The molecule has 27 heavy (non-hydrogen) atoms. The summed E-state index contributed by atoms with van der Waals surface area (Å²) in [6, 6.07) is 16.6. The molecule has 2 aliphatic rings. The zero-order valence-electron chi connectivity index (χ0n) is 15.3. The van der Waals surface area contributed by atoms with Crippen molar-refractivity contribution in [2.75, 3.05) is 36.0 Å². The normalized spacial score (nSPS) is 21.2. The van der Waals surface area contributed by atoms with Crippen LogP contribution in [0.5, 0.6) is 0 Å². The van der Waals surface area contributed by atoms with E-state index in [1.165, 1.54) is 11.3 Å². The predicted octanol–water partition coefficient (Wildman–Crippen LogP) is 3.51. The number of rotatable bonds is 4. The van der Waals surface area contributed by atoms with Crippen molar-refractivity contribution in [3.8, 4) is 0 Å². The Hall–Kier alpha value is -2.46. The van der Waals surface area contributed by atoms with Crippen LogP contribution in [0.15, 0.2) is 61.2 Å². The Morgan fingerprint density at radius 1 is 1.19 bits per heavy atom. The van der Waals surface area contributed by atoms with Gasteiger partial charge in [0.15, 0.2) is 0 Å². The van der Waals surface area contributed by atoms with Gasteiger partial charge >= 0.3 is 0 Å². The Morgan fingerprint density at radius 3 is 2.74 bits per heavy atom. The van der Waals surface area contributed by atoms with Gasteiger partial charge in [-0.3, -0.25) is 4.79 Å². The summed E-state index contributed by atoms with van der Waals surface area (Å²) in [6.45, 7) is 6.86. The maximum absolute atomic E-state index is 12.9. The number of piperazine rings is 1. The highest BCUT2D eigenvalue weighted by atomic mass is 35.5. The van der Waals surface area contributed by atoms with Crippen LogP contribution in [0.25, 0.3) is 0 Å². The van der Waals surface area contributed by atoms with Gasteiger partial charge in [-0.2, -0.15) is 0 Å². The second-order valence-corrected chi connectivity index (χ2v) is 7.59. The first-order chi connectivity index (χ1) is 13.2. The van der Waals surface area contributed by atoms with Crippen molar-refractivity contribution in [3.63, 3.8) is 0 Å². The Morgan fingerprint density at radius 2 is 1.96 bits per heavy atom. The molecule has 2 aromatic rings. The molecule has 1 saturated heterocycles. The molecule has 2 heterocycles. The molecule has 140 valence electrons. The van der Waals surface area contributed by atoms with Gasteiger partial charge in [-0.05, 0) is 42.3 Å². The molecule has 0 radical (unpaired) electrons. The SMILES string of the molecule is C=CCNC(=O)[C@H]1Cc2ccccc2N2CCN(c3ccc(Cl)cc3)C[C@@H]12. The van der Waals surface area contributed by atoms with Gasteiger partial charge in [0.25, 0.3) is 0 Å². The van der Waals surface area contributed by atoms with Gasteiger partial charge in [0.2, 0.25) is 5.91 Å². The fourth-order valence-electron chi connectivity index (χ4n) is 4.25. The molecule has 2 aromatic carbocycles. The quantitative estimate of drug-likeness (QED) is 0.823. The van der Waals surface area contributed by atoms with E-state index in [0.717, 1.165) is 36.8 Å². The van der Waals surface area contributed by atoms with E-state index in [-0.39, 0.29) is 17.9 Å². The van der Waals surface area contributed by atoms with E-state index < -0.39 is 0 Å². The maximum atomic E-state index is 12.9. The molecule has 0 aromatic heterocycles. The van der Waals surface area contributed by atoms with Crippen LogP contribution in [-0.4, -0.2) is 38.1 Å². The summed E-state index contributed by atoms with van der Waals surface area (Å²) in [4.78, 5) is 17.7. The summed E-state index contributed by atoms with van der Waals surface area (Å²) in [5, 5.41) is 3.75. The van der Waals surface area contributed by atoms with E-state index in [1.807, 2.05) is 12.1 Å². The summed E-state index contributed by atoms with van der Waals surface area (Å²) >= 11 is 6.04. The average Bonchev–Trinajstić information content (AvgIpc) is 2.71. The molecule has 1 N–H and O–H groups in total. The van der Waals surface area contributed by atoms with Crippen LogP contribution in [0.2, 0.25) is 5.02 Å². The number of anilines is 2. The molecule has 0 bridgehead atoms. The van der Waals surface area contributed by atoms with Gasteiger partial charge in [0.05, 0.1) is 12.0 Å². The molecule has 0 unspecified atom stereocenters. The number of halogens is 1. The lowest BCUT2D eigenvalue weighted by molar-refractivity contribution is -0.125. The van der Waals surface area contributed by atoms with Crippen LogP contribution in [0.4, 0.5) is 11.4 Å². The van der Waals surface area contributed by atoms with Crippen molar-refractivity contribution in [2.24, 2.45) is 5.92 Å². The highest BCUT2D eigenvalue weighted by Gasteiger charge is 2.41. The minimum Gasteiger partial charge on any atom is -0.368 e. The molecule has 0 aliphatic carbocycles. The number of fused-ring (bicyclic) bond motifs is 3. The zero-order chi connectivity index (χ0) is 18.8. The largest absolute Gasteiger partial charge is 0.368 e. The number of hydrogen-bond acceptors (Lipinski definition) is 3. The topological polar surface area (TPSA) is 35.6 Å². The van der Waals surface area contributed by atoms with Gasteiger partial charge in [-0.25, -0.2) is 0 Å². The van der Waals surface area contributed by atoms with Crippen LogP contribution in [-0.2, 0) is 11.2 Å². The molecule has 2 aliphatic heterocycles. The van der Waals surface area contributed by atoms with Crippen molar-refractivity contribution in [3.05, 3.63) is 71.8 Å². The first kappa shape index (κ1) is 17.9. The second-order valence-electron chi connectivity index (χ2n) is 7.16. The number of carbonyl (C=O) groups is 1. The standard InChI is InChI=1S/C22H24ClN3O/c1-2-11-24-22(27)19-14-16-5-3-4-6-20(16)26-13-12-25(15-21(19)26)18-9-7-17(23)8-10-18/h2-10,19,21H,1,11-15H2,(H,24,27)/t19-,21-/m0/s1. The van der Waals surface area contributed by atoms with Crippen molar-refractivity contribution in [1.29, 1.82) is 0 Å². The van der Waals surface area contributed by atoms with Crippen molar-refractivity contribution in [2.45, 2.75) is 12.5 Å². The second kappa shape index (κ2) is 7.65. The van der Waals surface area contributed by atoms with E-state index in [4.69, 9.17) is 11.6 Å². The van der Waals surface area contributed by atoms with E-state index in [9.17, 15) is 4.79 Å². The molecule has 2 atom stereocenters. The van der Waals surface area contributed by atoms with Crippen molar-refractivity contribution in [1.82, 2.24) is 5.32 Å². The molecule has 0 spiro atoms. The Labute approximate surface area is 165 Å². The van der Waals surface area contributed by atoms with Gasteiger partial charge in [0, 0.05) is 42.6 Å². The Bertz CT molecular complexity index is 836. The Kier molecular flexibility index (Phi) is 5.08. The lowest BCUT2D eigenvalue weighted by atomic mass is 9.83. The first-order valence-corrected chi connectivity index (χ1v) is 9.79. The van der Waals surface area contributed by atoms with Gasteiger partial charge in [-0.15, -0.1) is 6.58 Å². The van der Waals surface area contributed by atoms with Gasteiger partial charge in [0.1, 0.15) is 0 Å². The molecule has 1 fully saturated rings. The monoisotopic (exact) mass is 381 g/mol. The van der Waals surface area contributed by atoms with Crippen molar-refractivity contribution >= 4 is 28.9 Å². The summed E-state index contributed by atoms with van der Waals surface area (Å²) in [5.41, 5.74) is 3.68. The smallest absolute Gasteiger partial charge is 0.225 e. The molecule has 4 rings (SSSR count). The number of carbonyl (C=O) groups excluding carboxylic acids is 1. The fourth-order valence-corrected chi connectivity index (χ4v) is 4.37. The van der Waals surface area contributed by atoms with Gasteiger partial charge in [-0.1, -0.05) is 35.9 Å². The number of benzene rings is 2. The summed E-state index contributed by atoms with van der Waals surface area (Å²) in [6.07, 6.45) is 2.50. The van der Waals surface area contributed by atoms with Crippen molar-refractivity contribution < 1.29 is 4.79 Å². The van der Waals surface area contributed by atoms with Gasteiger partial charge < -0.3 is 15.1 Å². The fraction of sp³-hybridized carbons (Fsp3) is 0.318. The maximum Gasteiger partial charge on any atom is 0.225 e. The first-order valence-electron chi connectivity index (χ1n) is 9.41. The lowest BCUT2D eigenvalue weighted by Gasteiger charge is -2.49. The van der Waals surface area contributed by atoms with E-state index in [1.54, 1.807) is 6.08 Å². The highest BCUT2D eigenvalue weighted by Crippen LogP contribution is 2.37. The average molecular weight is 382 g/mol. The van der Waals surface area contributed by atoms with Crippen LogP contribution in [0.3, 0.4) is 0 Å². The molecule has 4 nitrogen and oxygen atoms in total. The third-order valence-corrected chi connectivity index (χ3v) is 5.83. The predicted molar refractivity (Wildman–Crippen MR) is 112 cm³/mol. The summed E-state index contributed by atoms with van der Waals surface area (Å²) in [7, 11) is 0. The van der Waals surface area contributed by atoms with Crippen LogP contribution in [0.1, 0.15) is 5.56 Å². The number of para-hydroxylation sites is 1. The minimum atomic E-state index is -0.0741. The van der Waals surface area contributed by atoms with Crippen LogP contribution >= 0.6 is 11.6 Å². The number of hydrogen-bond donors (Lipinski definition) is 1. The van der Waals surface area contributed by atoms with Crippen LogP contribution < -0.4 is 15.1 Å². The Balaban J connectivity index is 1.63. The van der Waals surface area contributed by atoms with E-state index in [2.05, 4.69) is 58.1 Å². The molecule has 0 saturated carbocycles. The summed E-state index contributed by atoms with van der Waals surface area (Å²) in [5.74, 6) is 0.0345. The van der Waals surface area contributed by atoms with Crippen LogP contribution in [0, 0.1) is 5.92 Å². The zero-order valence-corrected chi connectivity index (χ0v) is 16.0. The highest BCUT2D eigenvalue weighted by molar-refractivity contribution is 6.30.